The third-order valence-electron chi connectivity index (χ3n) is 3.93. The normalized spacial score (nSPS) is 18.9. The monoisotopic (exact) mass is 233 g/mol. The molecule has 2 nitrogen and oxygen atoms in total. The van der Waals surface area contributed by atoms with Crippen LogP contribution in [0.5, 0.6) is 5.75 Å². The lowest BCUT2D eigenvalue weighted by Crippen LogP contribution is -2.30. The summed E-state index contributed by atoms with van der Waals surface area (Å²) in [5.74, 6) is 2.50. The molecule has 0 radical (unpaired) electrons. The lowest BCUT2D eigenvalue weighted by Gasteiger charge is -2.31. The largest absolute Gasteiger partial charge is 0.496 e. The van der Waals surface area contributed by atoms with E-state index in [9.17, 15) is 0 Å². The molecule has 1 unspecified atom stereocenters. The summed E-state index contributed by atoms with van der Waals surface area (Å²) < 4.78 is 5.50. The Morgan fingerprint density at radius 2 is 2.00 bits per heavy atom. The lowest BCUT2D eigenvalue weighted by molar-refractivity contribution is 0.304. The van der Waals surface area contributed by atoms with Gasteiger partial charge in [0, 0.05) is 0 Å². The number of ether oxygens (including phenoxy) is 1. The van der Waals surface area contributed by atoms with E-state index in [1.807, 2.05) is 0 Å². The summed E-state index contributed by atoms with van der Waals surface area (Å²) in [6.07, 6.45) is 3.78. The molecule has 0 spiro atoms. The Kier molecular flexibility index (Phi) is 4.43. The first-order valence-electron chi connectivity index (χ1n) is 6.70. The number of rotatable bonds is 4. The summed E-state index contributed by atoms with van der Waals surface area (Å²) in [6, 6.07) is 8.49. The van der Waals surface area contributed by atoms with E-state index in [2.05, 4.69) is 36.5 Å². The second-order valence-electron chi connectivity index (χ2n) is 4.84. The van der Waals surface area contributed by atoms with Gasteiger partial charge >= 0.3 is 0 Å². The van der Waals surface area contributed by atoms with Crippen molar-refractivity contribution in [2.24, 2.45) is 5.92 Å². The molecule has 2 rings (SSSR count). The van der Waals surface area contributed by atoms with E-state index in [0.29, 0.717) is 5.92 Å². The van der Waals surface area contributed by atoms with E-state index >= 15 is 0 Å². The standard InChI is InChI=1S/C15H23NO/c1-3-13(12-8-10-16-11-9-12)14-6-4-5-7-15(14)17-2/h4-7,12-13,16H,3,8-11H2,1-2H3. The minimum atomic E-state index is 0.647. The minimum absolute atomic E-state index is 0.647. The van der Waals surface area contributed by atoms with Crippen LogP contribution in [0.1, 0.15) is 37.7 Å². The van der Waals surface area contributed by atoms with Crippen LogP contribution in [0.4, 0.5) is 0 Å². The lowest BCUT2D eigenvalue weighted by atomic mass is 9.78. The maximum atomic E-state index is 5.50. The molecule has 94 valence electrons. The van der Waals surface area contributed by atoms with Gasteiger partial charge in [-0.1, -0.05) is 25.1 Å². The van der Waals surface area contributed by atoms with Crippen molar-refractivity contribution in [2.75, 3.05) is 20.2 Å². The van der Waals surface area contributed by atoms with Gasteiger partial charge in [0.2, 0.25) is 0 Å². The highest BCUT2D eigenvalue weighted by molar-refractivity contribution is 5.36. The molecule has 1 fully saturated rings. The molecule has 2 heteroatoms. The van der Waals surface area contributed by atoms with Crippen molar-refractivity contribution >= 4 is 0 Å². The van der Waals surface area contributed by atoms with Gasteiger partial charge in [-0.15, -0.1) is 0 Å². The van der Waals surface area contributed by atoms with Crippen LogP contribution < -0.4 is 10.1 Å². The maximum Gasteiger partial charge on any atom is 0.122 e. The Hall–Kier alpha value is -1.02. The molecule has 1 aliphatic rings. The molecule has 1 saturated heterocycles. The first-order valence-corrected chi connectivity index (χ1v) is 6.70. The maximum absolute atomic E-state index is 5.50. The SMILES string of the molecule is CCC(c1ccccc1OC)C1CCNCC1. The molecule has 1 aromatic rings. The van der Waals surface area contributed by atoms with E-state index < -0.39 is 0 Å². The Balaban J connectivity index is 2.21. The van der Waals surface area contributed by atoms with Gasteiger partial charge in [-0.05, 0) is 55.8 Å². The van der Waals surface area contributed by atoms with Gasteiger partial charge in [0.25, 0.3) is 0 Å². The average molecular weight is 233 g/mol. The van der Waals surface area contributed by atoms with Crippen molar-refractivity contribution in [1.29, 1.82) is 0 Å². The van der Waals surface area contributed by atoms with E-state index in [1.54, 1.807) is 7.11 Å². The van der Waals surface area contributed by atoms with Crippen LogP contribution in [0, 0.1) is 5.92 Å². The number of benzene rings is 1. The predicted octanol–water partition coefficient (Wildman–Crippen LogP) is 3.19. The van der Waals surface area contributed by atoms with Gasteiger partial charge in [0.15, 0.2) is 0 Å². The highest BCUT2D eigenvalue weighted by atomic mass is 16.5. The van der Waals surface area contributed by atoms with Crippen LogP contribution in [-0.2, 0) is 0 Å². The van der Waals surface area contributed by atoms with Crippen LogP contribution in [0.15, 0.2) is 24.3 Å². The third-order valence-corrected chi connectivity index (χ3v) is 3.93. The average Bonchev–Trinajstić information content (AvgIpc) is 2.41. The van der Waals surface area contributed by atoms with Gasteiger partial charge in [-0.3, -0.25) is 0 Å². The van der Waals surface area contributed by atoms with Gasteiger partial charge in [0.1, 0.15) is 5.75 Å². The van der Waals surface area contributed by atoms with Gasteiger partial charge in [-0.25, -0.2) is 0 Å². The van der Waals surface area contributed by atoms with E-state index in [4.69, 9.17) is 4.74 Å². The molecule has 1 aromatic carbocycles. The highest BCUT2D eigenvalue weighted by Gasteiger charge is 2.25. The fourth-order valence-electron chi connectivity index (χ4n) is 3.03. The van der Waals surface area contributed by atoms with Crippen LogP contribution in [0.3, 0.4) is 0 Å². The minimum Gasteiger partial charge on any atom is -0.496 e. The Morgan fingerprint density at radius 1 is 1.29 bits per heavy atom. The number of hydrogen-bond donors (Lipinski definition) is 1. The Bertz CT molecular complexity index is 345. The van der Waals surface area contributed by atoms with Crippen LogP contribution in [0.25, 0.3) is 0 Å². The second-order valence-corrected chi connectivity index (χ2v) is 4.84. The Morgan fingerprint density at radius 3 is 2.65 bits per heavy atom. The number of hydrogen-bond acceptors (Lipinski definition) is 2. The fraction of sp³-hybridized carbons (Fsp3) is 0.600. The van der Waals surface area contributed by atoms with Crippen molar-refractivity contribution in [1.82, 2.24) is 5.32 Å². The molecule has 0 amide bonds. The smallest absolute Gasteiger partial charge is 0.122 e. The summed E-state index contributed by atoms with van der Waals surface area (Å²) in [7, 11) is 1.77. The summed E-state index contributed by atoms with van der Waals surface area (Å²) in [5, 5.41) is 3.44. The topological polar surface area (TPSA) is 21.3 Å². The van der Waals surface area contributed by atoms with Crippen LogP contribution >= 0.6 is 0 Å². The van der Waals surface area contributed by atoms with Crippen molar-refractivity contribution in [3.63, 3.8) is 0 Å². The van der Waals surface area contributed by atoms with E-state index in [0.717, 1.165) is 24.8 Å². The van der Waals surface area contributed by atoms with Crippen molar-refractivity contribution < 1.29 is 4.74 Å². The summed E-state index contributed by atoms with van der Waals surface area (Å²) >= 11 is 0. The molecular weight excluding hydrogens is 210 g/mol. The van der Waals surface area contributed by atoms with Crippen LogP contribution in [-0.4, -0.2) is 20.2 Å². The fourth-order valence-corrected chi connectivity index (χ4v) is 3.03. The van der Waals surface area contributed by atoms with Gasteiger partial charge in [-0.2, -0.15) is 0 Å². The number of methoxy groups -OCH3 is 1. The number of para-hydroxylation sites is 1. The molecule has 1 N–H and O–H groups in total. The molecule has 1 atom stereocenters. The number of nitrogens with one attached hydrogen (secondary N) is 1. The molecule has 1 aliphatic heterocycles. The quantitative estimate of drug-likeness (QED) is 0.862. The second kappa shape index (κ2) is 6.06. The molecule has 17 heavy (non-hydrogen) atoms. The highest BCUT2D eigenvalue weighted by Crippen LogP contribution is 2.37. The van der Waals surface area contributed by atoms with Gasteiger partial charge in [0.05, 0.1) is 7.11 Å². The zero-order valence-electron chi connectivity index (χ0n) is 10.9. The summed E-state index contributed by atoms with van der Waals surface area (Å²) in [5.41, 5.74) is 1.39. The predicted molar refractivity (Wildman–Crippen MR) is 71.6 cm³/mol. The first kappa shape index (κ1) is 12.4. The summed E-state index contributed by atoms with van der Waals surface area (Å²) in [4.78, 5) is 0. The van der Waals surface area contributed by atoms with Crippen LogP contribution in [0.2, 0.25) is 0 Å². The third kappa shape index (κ3) is 2.81. The van der Waals surface area contributed by atoms with Crippen molar-refractivity contribution in [3.05, 3.63) is 29.8 Å². The first-order chi connectivity index (χ1) is 8.36. The molecular formula is C15H23NO. The molecule has 0 saturated carbocycles. The zero-order chi connectivity index (χ0) is 12.1. The summed E-state index contributed by atoms with van der Waals surface area (Å²) in [6.45, 7) is 4.62. The Labute approximate surface area is 104 Å². The van der Waals surface area contributed by atoms with Gasteiger partial charge < -0.3 is 10.1 Å². The zero-order valence-corrected chi connectivity index (χ0v) is 10.9. The van der Waals surface area contributed by atoms with Crippen molar-refractivity contribution in [3.8, 4) is 5.75 Å². The van der Waals surface area contributed by atoms with E-state index in [1.165, 1.54) is 24.8 Å². The number of piperidine rings is 1. The van der Waals surface area contributed by atoms with E-state index in [-0.39, 0.29) is 0 Å². The molecule has 0 bridgehead atoms. The van der Waals surface area contributed by atoms with Crippen molar-refractivity contribution in [2.45, 2.75) is 32.1 Å². The molecule has 0 aliphatic carbocycles. The molecule has 0 aromatic heterocycles. The molecule has 1 heterocycles.